The number of hydrogen-bond acceptors (Lipinski definition) is 0. The van der Waals surface area contributed by atoms with E-state index < -0.39 is 0 Å². The van der Waals surface area contributed by atoms with Crippen molar-refractivity contribution in [3.05, 3.63) is 0 Å². The summed E-state index contributed by atoms with van der Waals surface area (Å²) in [5.74, 6) is 3.24. The van der Waals surface area contributed by atoms with Crippen molar-refractivity contribution in [2.24, 2.45) is 23.2 Å². The second-order valence-corrected chi connectivity index (χ2v) is 4.61. The van der Waals surface area contributed by atoms with Gasteiger partial charge in [-0.05, 0) is 36.0 Å². The fourth-order valence-electron chi connectivity index (χ4n) is 2.76. The molecule has 2 saturated carbocycles. The van der Waals surface area contributed by atoms with Crippen LogP contribution in [0.1, 0.15) is 33.6 Å². The molecule has 0 spiro atoms. The Morgan fingerprint density at radius 2 is 1.56 bits per heavy atom. The molecule has 0 aromatic rings. The molecular weight excluding hydrogens is 108 g/mol. The van der Waals surface area contributed by atoms with Crippen molar-refractivity contribution in [2.45, 2.75) is 33.6 Å². The molecule has 0 N–H and O–H groups in total. The summed E-state index contributed by atoms with van der Waals surface area (Å²) in [6.45, 7) is 7.24. The topological polar surface area (TPSA) is 0 Å². The van der Waals surface area contributed by atoms with Crippen molar-refractivity contribution in [1.29, 1.82) is 0 Å². The molecule has 0 aliphatic heterocycles. The lowest BCUT2D eigenvalue weighted by Crippen LogP contribution is -2.01. The van der Waals surface area contributed by atoms with Crippen LogP contribution < -0.4 is 0 Å². The summed E-state index contributed by atoms with van der Waals surface area (Å²) in [5, 5.41) is 0. The standard InChI is InChI=1S/C9H16/c1-6-4-7-8(5-6)9(7,2)3/h6-8H,4-5H2,1-3H3. The number of fused-ring (bicyclic) bond motifs is 1. The quantitative estimate of drug-likeness (QED) is 0.465. The molecule has 0 aromatic heterocycles. The van der Waals surface area contributed by atoms with E-state index in [1.165, 1.54) is 12.8 Å². The van der Waals surface area contributed by atoms with Gasteiger partial charge >= 0.3 is 0 Å². The van der Waals surface area contributed by atoms with Crippen molar-refractivity contribution in [1.82, 2.24) is 0 Å². The van der Waals surface area contributed by atoms with E-state index in [0.717, 1.165) is 23.2 Å². The maximum atomic E-state index is 2.42. The second kappa shape index (κ2) is 1.36. The fourth-order valence-corrected chi connectivity index (χ4v) is 2.76. The highest BCUT2D eigenvalue weighted by atomic mass is 14.7. The van der Waals surface area contributed by atoms with Gasteiger partial charge in [-0.3, -0.25) is 0 Å². The van der Waals surface area contributed by atoms with E-state index >= 15 is 0 Å². The average molecular weight is 124 g/mol. The van der Waals surface area contributed by atoms with Crippen LogP contribution in [0.3, 0.4) is 0 Å². The van der Waals surface area contributed by atoms with Gasteiger partial charge in [-0.25, -0.2) is 0 Å². The first-order chi connectivity index (χ1) is 4.12. The van der Waals surface area contributed by atoms with Crippen molar-refractivity contribution in [2.75, 3.05) is 0 Å². The second-order valence-electron chi connectivity index (χ2n) is 4.61. The van der Waals surface area contributed by atoms with Gasteiger partial charge < -0.3 is 0 Å². The molecule has 2 unspecified atom stereocenters. The first-order valence-corrected chi connectivity index (χ1v) is 4.12. The Kier molecular flexibility index (Phi) is 0.868. The average Bonchev–Trinajstić information content (AvgIpc) is 2.27. The molecule has 0 amide bonds. The smallest absolute Gasteiger partial charge is 0.0292 e. The molecule has 0 aromatic carbocycles. The lowest BCUT2D eigenvalue weighted by Gasteiger charge is -2.11. The summed E-state index contributed by atoms with van der Waals surface area (Å²) < 4.78 is 0. The molecule has 0 heteroatoms. The van der Waals surface area contributed by atoms with Crippen LogP contribution in [0, 0.1) is 23.2 Å². The Hall–Kier alpha value is 0. The Balaban J connectivity index is 2.06. The van der Waals surface area contributed by atoms with Gasteiger partial charge in [0.05, 0.1) is 0 Å². The van der Waals surface area contributed by atoms with Gasteiger partial charge in [0.2, 0.25) is 0 Å². The molecule has 0 radical (unpaired) electrons. The molecule has 0 nitrogen and oxygen atoms in total. The van der Waals surface area contributed by atoms with Gasteiger partial charge in [0.25, 0.3) is 0 Å². The van der Waals surface area contributed by atoms with Gasteiger partial charge in [0, 0.05) is 0 Å². The zero-order valence-electron chi connectivity index (χ0n) is 6.65. The lowest BCUT2D eigenvalue weighted by molar-refractivity contribution is 0.395. The summed E-state index contributed by atoms with van der Waals surface area (Å²) in [7, 11) is 0. The minimum atomic E-state index is 0.743. The Labute approximate surface area is 57.6 Å². The van der Waals surface area contributed by atoms with E-state index in [1.54, 1.807) is 0 Å². The van der Waals surface area contributed by atoms with E-state index in [4.69, 9.17) is 0 Å². The van der Waals surface area contributed by atoms with Crippen LogP contribution in [0.2, 0.25) is 0 Å². The predicted molar refractivity (Wildman–Crippen MR) is 39.2 cm³/mol. The Morgan fingerprint density at radius 3 is 1.89 bits per heavy atom. The molecule has 2 atom stereocenters. The highest BCUT2D eigenvalue weighted by Gasteiger charge is 2.60. The summed E-state index contributed by atoms with van der Waals surface area (Å²) in [4.78, 5) is 0. The maximum Gasteiger partial charge on any atom is -0.0292 e. The summed E-state index contributed by atoms with van der Waals surface area (Å²) in [6, 6.07) is 0. The fraction of sp³-hybridized carbons (Fsp3) is 1.00. The summed E-state index contributed by atoms with van der Waals surface area (Å²) in [6.07, 6.45) is 3.02. The summed E-state index contributed by atoms with van der Waals surface area (Å²) >= 11 is 0. The van der Waals surface area contributed by atoms with Crippen molar-refractivity contribution >= 4 is 0 Å². The molecule has 2 fully saturated rings. The first-order valence-electron chi connectivity index (χ1n) is 4.12. The first kappa shape index (κ1) is 5.76. The van der Waals surface area contributed by atoms with Crippen LogP contribution >= 0.6 is 0 Å². The van der Waals surface area contributed by atoms with E-state index in [9.17, 15) is 0 Å². The van der Waals surface area contributed by atoms with Crippen LogP contribution in [0.25, 0.3) is 0 Å². The third-order valence-corrected chi connectivity index (χ3v) is 3.60. The predicted octanol–water partition coefficient (Wildman–Crippen LogP) is 2.69. The zero-order chi connectivity index (χ0) is 6.65. The van der Waals surface area contributed by atoms with Gasteiger partial charge in [-0.15, -0.1) is 0 Å². The van der Waals surface area contributed by atoms with Crippen LogP contribution in [0.4, 0.5) is 0 Å². The lowest BCUT2D eigenvalue weighted by atomic mass is 9.95. The Morgan fingerprint density at radius 1 is 1.11 bits per heavy atom. The number of rotatable bonds is 0. The molecular formula is C9H16. The largest absolute Gasteiger partial charge is 0.0625 e. The SMILES string of the molecule is CC1CC2C(C1)C2(C)C. The summed E-state index contributed by atoms with van der Waals surface area (Å²) in [5.41, 5.74) is 0.743. The van der Waals surface area contributed by atoms with E-state index in [2.05, 4.69) is 20.8 Å². The third-order valence-electron chi connectivity index (χ3n) is 3.60. The molecule has 2 aliphatic rings. The third kappa shape index (κ3) is 0.595. The van der Waals surface area contributed by atoms with Gasteiger partial charge in [-0.1, -0.05) is 20.8 Å². The molecule has 0 heterocycles. The van der Waals surface area contributed by atoms with Gasteiger partial charge in [-0.2, -0.15) is 0 Å². The molecule has 52 valence electrons. The van der Waals surface area contributed by atoms with Crippen molar-refractivity contribution in [3.63, 3.8) is 0 Å². The van der Waals surface area contributed by atoms with Crippen LogP contribution in [0.5, 0.6) is 0 Å². The van der Waals surface area contributed by atoms with Crippen LogP contribution in [-0.4, -0.2) is 0 Å². The van der Waals surface area contributed by atoms with Crippen LogP contribution in [0.15, 0.2) is 0 Å². The van der Waals surface area contributed by atoms with Crippen molar-refractivity contribution in [3.8, 4) is 0 Å². The zero-order valence-corrected chi connectivity index (χ0v) is 6.65. The normalized spacial score (nSPS) is 53.0. The van der Waals surface area contributed by atoms with Gasteiger partial charge in [0.15, 0.2) is 0 Å². The van der Waals surface area contributed by atoms with Gasteiger partial charge in [0.1, 0.15) is 0 Å². The molecule has 0 bridgehead atoms. The van der Waals surface area contributed by atoms with E-state index in [0.29, 0.717) is 0 Å². The van der Waals surface area contributed by atoms with Crippen molar-refractivity contribution < 1.29 is 0 Å². The van der Waals surface area contributed by atoms with E-state index in [-0.39, 0.29) is 0 Å². The minimum absolute atomic E-state index is 0.743. The van der Waals surface area contributed by atoms with Crippen LogP contribution in [-0.2, 0) is 0 Å². The maximum absolute atomic E-state index is 2.42. The highest BCUT2D eigenvalue weighted by Crippen LogP contribution is 2.67. The Bertz CT molecular complexity index is 121. The molecule has 2 rings (SSSR count). The number of hydrogen-bond donors (Lipinski definition) is 0. The monoisotopic (exact) mass is 124 g/mol. The molecule has 0 saturated heterocycles. The van der Waals surface area contributed by atoms with E-state index in [1.807, 2.05) is 0 Å². The minimum Gasteiger partial charge on any atom is -0.0625 e. The highest BCUT2D eigenvalue weighted by molar-refractivity contribution is 5.09. The molecule has 2 aliphatic carbocycles. The molecule has 9 heavy (non-hydrogen) atoms.